The van der Waals surface area contributed by atoms with Crippen LogP contribution in [-0.4, -0.2) is 73.1 Å². The van der Waals surface area contributed by atoms with Crippen molar-refractivity contribution in [3.63, 3.8) is 0 Å². The third-order valence-corrected chi connectivity index (χ3v) is 0. The standard InChI is InChI=1S/Ba.Hg.H4SeSi.2H/c;;1-2;;/h;;1H,2H3;;. The minimum absolute atomic E-state index is 0. The first kappa shape index (κ1) is 15.7. The molecule has 4 heavy (non-hydrogen) atoms. The molecule has 0 aromatic carbocycles. The van der Waals surface area contributed by atoms with Gasteiger partial charge in [0.05, 0.1) is 0 Å². The molecule has 0 unspecified atom stereocenters. The molecule has 0 aliphatic carbocycles. The van der Waals surface area contributed by atoms with Gasteiger partial charge in [-0.05, 0) is 0 Å². The third kappa shape index (κ3) is 8.97. The fraction of sp³-hybridized carbons (Fsp3) is 0. The van der Waals surface area contributed by atoms with Crippen LogP contribution >= 0.6 is 0 Å². The maximum absolute atomic E-state index is 2.45. The van der Waals surface area contributed by atoms with E-state index in [1.54, 1.807) is 0 Å². The molecule has 0 amide bonds. The Balaban J connectivity index is -0.00000000500. The number of hydrogen-bond acceptors (Lipinski definition) is 0. The normalized spacial score (nSPS) is 2.25. The number of rotatable bonds is 0. The average Bonchev–Trinajstić information content (AvgIpc) is 1.00. The molecule has 0 aliphatic heterocycles. The summed E-state index contributed by atoms with van der Waals surface area (Å²) in [5.41, 5.74) is 0. The molecule has 0 heterocycles. The predicted molar refractivity (Wildman–Crippen MR) is 25.6 cm³/mol. The summed E-state index contributed by atoms with van der Waals surface area (Å²) in [4.78, 5) is 0. The Morgan fingerprint density at radius 1 is 1.25 bits per heavy atom. The Labute approximate surface area is 98.1 Å². The molecule has 0 radical (unpaired) electrons. The van der Waals surface area contributed by atoms with E-state index in [1.807, 2.05) is 0 Å². The van der Waals surface area contributed by atoms with Crippen molar-refractivity contribution in [2.75, 3.05) is 0 Å². The summed E-state index contributed by atoms with van der Waals surface area (Å²) < 4.78 is 0. The first-order valence-electron chi connectivity index (χ1n) is 0.447. The van der Waals surface area contributed by atoms with Crippen LogP contribution in [0.5, 0.6) is 0 Å². The zero-order valence-corrected chi connectivity index (χ0v) is 11.5. The predicted octanol–water partition coefficient (Wildman–Crippen LogP) is -2.75. The van der Waals surface area contributed by atoms with Gasteiger partial charge in [-0.3, -0.25) is 0 Å². The Morgan fingerprint density at radius 3 is 1.25 bits per heavy atom. The minimum atomic E-state index is 0. The fourth-order valence-electron chi connectivity index (χ4n) is 0. The Kier molecular flexibility index (Phi) is 64.0. The van der Waals surface area contributed by atoms with Gasteiger partial charge < -0.3 is 0 Å². The zero-order chi connectivity index (χ0) is 2.00. The summed E-state index contributed by atoms with van der Waals surface area (Å²) in [6, 6.07) is 0. The Morgan fingerprint density at radius 2 is 1.25 bits per heavy atom. The van der Waals surface area contributed by atoms with Crippen molar-refractivity contribution < 1.29 is 27.7 Å². The molecule has 0 nitrogen and oxygen atoms in total. The van der Waals surface area contributed by atoms with Gasteiger partial charge in [0.2, 0.25) is 0 Å². The van der Waals surface area contributed by atoms with Gasteiger partial charge >= 0.3 is 73.1 Å². The monoisotopic (exact) mass is 454 g/mol. The summed E-state index contributed by atoms with van der Waals surface area (Å²) in [5, 5.41) is 0. The van der Waals surface area contributed by atoms with E-state index in [-0.39, 0.29) is 76.5 Å². The van der Waals surface area contributed by atoms with Gasteiger partial charge in [-0.25, -0.2) is 0 Å². The van der Waals surface area contributed by atoms with Gasteiger partial charge in [-0.15, -0.1) is 0 Å². The molecular weight excluding hydrogens is 445 g/mol. The van der Waals surface area contributed by atoms with E-state index >= 15 is 0 Å². The molecule has 0 rings (SSSR count). The zero-order valence-electron chi connectivity index (χ0n) is 2.15. The van der Waals surface area contributed by atoms with E-state index in [1.165, 1.54) is 8.85 Å². The summed E-state index contributed by atoms with van der Waals surface area (Å²) in [7, 11) is 1.24. The maximum atomic E-state index is 2.45. The van der Waals surface area contributed by atoms with Crippen molar-refractivity contribution in [1.82, 2.24) is 0 Å². The van der Waals surface area contributed by atoms with Gasteiger partial charge in [-0.2, -0.15) is 0 Å². The van der Waals surface area contributed by atoms with Gasteiger partial charge in [0, 0.05) is 27.7 Å². The molecule has 0 saturated heterocycles. The van der Waals surface area contributed by atoms with Gasteiger partial charge in [0.25, 0.3) is 0 Å². The number of hydrogen-bond donors (Lipinski definition) is 0. The molecule has 4 heteroatoms. The molecule has 20 valence electrons. The van der Waals surface area contributed by atoms with Crippen molar-refractivity contribution in [3.8, 4) is 0 Å². The molecule has 0 saturated carbocycles. The fourth-order valence-corrected chi connectivity index (χ4v) is 0. The van der Waals surface area contributed by atoms with Crippen LogP contribution in [0.4, 0.5) is 0 Å². The second-order valence-electron chi connectivity index (χ2n) is 0. The van der Waals surface area contributed by atoms with Crippen LogP contribution in [0.2, 0.25) is 0 Å². The molecular formula is H6BaHgSeSi. The molecule has 0 aromatic rings. The van der Waals surface area contributed by atoms with Gasteiger partial charge in [0.15, 0.2) is 0 Å². The van der Waals surface area contributed by atoms with Gasteiger partial charge in [-0.1, -0.05) is 0 Å². The molecule has 0 aromatic heterocycles. The Hall–Kier alpha value is 3.24. The van der Waals surface area contributed by atoms with Gasteiger partial charge in [0.1, 0.15) is 0 Å². The van der Waals surface area contributed by atoms with Crippen LogP contribution in [0.1, 0.15) is 0 Å². The van der Waals surface area contributed by atoms with Crippen molar-refractivity contribution in [1.29, 1.82) is 0 Å². The summed E-state index contributed by atoms with van der Waals surface area (Å²) in [6.07, 6.45) is 0. The van der Waals surface area contributed by atoms with Crippen LogP contribution in [0.25, 0.3) is 0 Å². The van der Waals surface area contributed by atoms with Crippen LogP contribution in [-0.2, 0) is 27.7 Å². The van der Waals surface area contributed by atoms with E-state index < -0.39 is 0 Å². The van der Waals surface area contributed by atoms with Crippen molar-refractivity contribution in [3.05, 3.63) is 0 Å². The van der Waals surface area contributed by atoms with E-state index in [9.17, 15) is 0 Å². The summed E-state index contributed by atoms with van der Waals surface area (Å²) in [5.74, 6) is 0. The van der Waals surface area contributed by atoms with Crippen molar-refractivity contribution in [2.24, 2.45) is 0 Å². The van der Waals surface area contributed by atoms with Crippen molar-refractivity contribution >= 4 is 73.1 Å². The average molecular weight is 451 g/mol. The van der Waals surface area contributed by atoms with E-state index in [2.05, 4.69) is 15.4 Å². The van der Waals surface area contributed by atoms with E-state index in [0.717, 1.165) is 0 Å². The van der Waals surface area contributed by atoms with E-state index in [0.29, 0.717) is 0 Å². The molecule has 0 atom stereocenters. The quantitative estimate of drug-likeness (QED) is 0.351. The molecule has 0 bridgehead atoms. The molecule has 0 fully saturated rings. The van der Waals surface area contributed by atoms with Crippen LogP contribution in [0, 0.1) is 0 Å². The second kappa shape index (κ2) is 16.3. The molecule has 0 spiro atoms. The third-order valence-electron chi connectivity index (χ3n) is 0. The Bertz CT molecular complexity index is 8.00. The first-order valence-corrected chi connectivity index (χ1v) is 6.97. The SMILES string of the molecule is [BaH2].[Hg].[SiH3][SeH]. The van der Waals surface area contributed by atoms with Crippen molar-refractivity contribution in [2.45, 2.75) is 0 Å². The molecule has 0 aliphatic rings. The van der Waals surface area contributed by atoms with Crippen LogP contribution < -0.4 is 0 Å². The van der Waals surface area contributed by atoms with E-state index in [4.69, 9.17) is 0 Å². The topological polar surface area (TPSA) is 0 Å². The summed E-state index contributed by atoms with van der Waals surface area (Å²) >= 11 is 2.45. The van der Waals surface area contributed by atoms with Crippen LogP contribution in [0.15, 0.2) is 0 Å². The summed E-state index contributed by atoms with van der Waals surface area (Å²) in [6.45, 7) is 0. The molecule has 0 N–H and O–H groups in total. The second-order valence-corrected chi connectivity index (χ2v) is 0. The first-order chi connectivity index (χ1) is 1.00. The van der Waals surface area contributed by atoms with Crippen LogP contribution in [0.3, 0.4) is 0 Å².